The molecule has 1 heteroatoms. The van der Waals surface area contributed by atoms with Crippen molar-refractivity contribution in [1.29, 1.82) is 0 Å². The first kappa shape index (κ1) is 10.8. The molecule has 0 spiro atoms. The summed E-state index contributed by atoms with van der Waals surface area (Å²) in [5, 5.41) is 0. The molecule has 3 aliphatic carbocycles. The van der Waals surface area contributed by atoms with Crippen LogP contribution in [0.4, 0.5) is 0 Å². The molecule has 3 saturated carbocycles. The van der Waals surface area contributed by atoms with E-state index in [-0.39, 0.29) is 5.41 Å². The van der Waals surface area contributed by atoms with E-state index in [9.17, 15) is 4.79 Å². The second-order valence-corrected chi connectivity index (χ2v) is 7.31. The lowest BCUT2D eigenvalue weighted by molar-refractivity contribution is -0.144. The van der Waals surface area contributed by atoms with Crippen molar-refractivity contribution in [2.45, 2.75) is 65.7 Å². The number of carbonyl (C=O) groups is 1. The molecule has 0 aromatic rings. The van der Waals surface area contributed by atoms with Crippen LogP contribution in [0.1, 0.15) is 65.7 Å². The maximum absolute atomic E-state index is 12.1. The predicted molar refractivity (Wildman–Crippen MR) is 65.1 cm³/mol. The van der Waals surface area contributed by atoms with Gasteiger partial charge in [0.25, 0.3) is 0 Å². The molecule has 0 saturated heterocycles. The van der Waals surface area contributed by atoms with Crippen LogP contribution in [0.3, 0.4) is 0 Å². The van der Waals surface area contributed by atoms with Crippen molar-refractivity contribution in [3.8, 4) is 0 Å². The molecular weight excluding hydrogens is 196 g/mol. The molecule has 3 atom stereocenters. The third kappa shape index (κ3) is 0.966. The zero-order valence-corrected chi connectivity index (χ0v) is 10.9. The summed E-state index contributed by atoms with van der Waals surface area (Å²) >= 11 is 0. The quantitative estimate of drug-likeness (QED) is 0.604. The van der Waals surface area contributed by atoms with Crippen LogP contribution in [0.15, 0.2) is 0 Å². The standard InChI is InChI=1S/C15H24O/c1-11-5-8-15-7-4-6-14(11,15)10-12(16)9-13(15,2)3/h11H,4-10H2,1-3H3/t11-,14+,15+/m1/s1. The Bertz CT molecular complexity index is 343. The van der Waals surface area contributed by atoms with Crippen molar-refractivity contribution in [3.63, 3.8) is 0 Å². The third-order valence-corrected chi connectivity index (χ3v) is 6.57. The number of carbonyl (C=O) groups excluding carboxylic acids is 1. The van der Waals surface area contributed by atoms with Gasteiger partial charge in [0.05, 0.1) is 0 Å². The maximum Gasteiger partial charge on any atom is 0.134 e. The van der Waals surface area contributed by atoms with E-state index in [0.717, 1.165) is 18.8 Å². The second kappa shape index (κ2) is 2.91. The van der Waals surface area contributed by atoms with Gasteiger partial charge in [-0.15, -0.1) is 0 Å². The summed E-state index contributed by atoms with van der Waals surface area (Å²) in [7, 11) is 0. The average molecular weight is 220 g/mol. The van der Waals surface area contributed by atoms with Crippen molar-refractivity contribution < 1.29 is 4.79 Å². The molecule has 3 aliphatic rings. The highest BCUT2D eigenvalue weighted by molar-refractivity contribution is 5.81. The summed E-state index contributed by atoms with van der Waals surface area (Å²) in [4.78, 5) is 12.1. The van der Waals surface area contributed by atoms with Gasteiger partial charge in [-0.1, -0.05) is 27.2 Å². The molecule has 0 aliphatic heterocycles. The van der Waals surface area contributed by atoms with Gasteiger partial charge in [-0.2, -0.15) is 0 Å². The second-order valence-electron chi connectivity index (χ2n) is 7.31. The summed E-state index contributed by atoms with van der Waals surface area (Å²) in [6.45, 7) is 7.13. The minimum absolute atomic E-state index is 0.254. The van der Waals surface area contributed by atoms with Crippen molar-refractivity contribution in [3.05, 3.63) is 0 Å². The van der Waals surface area contributed by atoms with Crippen molar-refractivity contribution in [1.82, 2.24) is 0 Å². The van der Waals surface area contributed by atoms with E-state index < -0.39 is 0 Å². The highest BCUT2D eigenvalue weighted by Crippen LogP contribution is 2.75. The normalized spacial score (nSPS) is 50.2. The molecule has 0 unspecified atom stereocenters. The molecule has 16 heavy (non-hydrogen) atoms. The molecule has 0 N–H and O–H groups in total. The lowest BCUT2D eigenvalue weighted by atomic mass is 9.47. The number of Topliss-reactive ketones (excluding diaryl/α,β-unsaturated/α-hetero) is 1. The van der Waals surface area contributed by atoms with E-state index in [1.54, 1.807) is 0 Å². The van der Waals surface area contributed by atoms with Gasteiger partial charge in [-0.05, 0) is 47.8 Å². The van der Waals surface area contributed by atoms with E-state index in [0.29, 0.717) is 16.6 Å². The summed E-state index contributed by atoms with van der Waals surface area (Å²) < 4.78 is 0. The Morgan fingerprint density at radius 3 is 2.62 bits per heavy atom. The van der Waals surface area contributed by atoms with Gasteiger partial charge >= 0.3 is 0 Å². The summed E-state index contributed by atoms with van der Waals surface area (Å²) in [6, 6.07) is 0. The molecule has 0 heterocycles. The highest BCUT2D eigenvalue weighted by Gasteiger charge is 2.68. The molecule has 0 amide bonds. The molecule has 3 fully saturated rings. The summed E-state index contributed by atoms with van der Waals surface area (Å²) in [5.41, 5.74) is 1.16. The van der Waals surface area contributed by atoms with Crippen LogP contribution in [-0.2, 0) is 4.79 Å². The van der Waals surface area contributed by atoms with E-state index in [2.05, 4.69) is 20.8 Å². The fourth-order valence-corrected chi connectivity index (χ4v) is 5.88. The van der Waals surface area contributed by atoms with Crippen LogP contribution in [0.25, 0.3) is 0 Å². The van der Waals surface area contributed by atoms with Crippen LogP contribution in [-0.4, -0.2) is 5.78 Å². The first-order chi connectivity index (χ1) is 7.44. The monoisotopic (exact) mass is 220 g/mol. The van der Waals surface area contributed by atoms with Gasteiger partial charge in [0.2, 0.25) is 0 Å². The molecular formula is C15H24O. The number of rotatable bonds is 0. The zero-order valence-electron chi connectivity index (χ0n) is 10.9. The number of hydrogen-bond acceptors (Lipinski definition) is 1. The van der Waals surface area contributed by atoms with Crippen LogP contribution in [0.5, 0.6) is 0 Å². The van der Waals surface area contributed by atoms with Gasteiger partial charge in [-0.25, -0.2) is 0 Å². The SMILES string of the molecule is C[C@@H]1CC[C@]23CCC[C@]12CC(=O)CC3(C)C. The number of hydrogen-bond donors (Lipinski definition) is 0. The van der Waals surface area contributed by atoms with Gasteiger partial charge in [0, 0.05) is 12.8 Å². The summed E-state index contributed by atoms with van der Waals surface area (Å²) in [6.07, 6.45) is 8.55. The Kier molecular flexibility index (Phi) is 1.97. The molecule has 0 bridgehead atoms. The van der Waals surface area contributed by atoms with E-state index in [1.165, 1.54) is 32.1 Å². The smallest absolute Gasteiger partial charge is 0.134 e. The van der Waals surface area contributed by atoms with Crippen molar-refractivity contribution in [2.24, 2.45) is 22.2 Å². The maximum atomic E-state index is 12.1. The predicted octanol–water partition coefficient (Wildman–Crippen LogP) is 3.96. The van der Waals surface area contributed by atoms with E-state index in [1.807, 2.05) is 0 Å². The fraction of sp³-hybridized carbons (Fsp3) is 0.933. The van der Waals surface area contributed by atoms with Crippen LogP contribution in [0, 0.1) is 22.2 Å². The highest BCUT2D eigenvalue weighted by atomic mass is 16.1. The van der Waals surface area contributed by atoms with E-state index >= 15 is 0 Å². The van der Waals surface area contributed by atoms with Crippen LogP contribution in [0.2, 0.25) is 0 Å². The number of ketones is 1. The summed E-state index contributed by atoms with van der Waals surface area (Å²) in [5.74, 6) is 1.31. The molecule has 0 aromatic heterocycles. The molecule has 90 valence electrons. The van der Waals surface area contributed by atoms with Crippen LogP contribution >= 0.6 is 0 Å². The molecule has 3 rings (SSSR count). The van der Waals surface area contributed by atoms with Gasteiger partial charge in [0.15, 0.2) is 0 Å². The first-order valence-corrected chi connectivity index (χ1v) is 6.95. The minimum Gasteiger partial charge on any atom is -0.300 e. The van der Waals surface area contributed by atoms with Gasteiger partial charge in [-0.3, -0.25) is 4.79 Å². The van der Waals surface area contributed by atoms with E-state index in [4.69, 9.17) is 0 Å². The van der Waals surface area contributed by atoms with Crippen LogP contribution < -0.4 is 0 Å². The zero-order chi connectivity index (χ0) is 11.6. The fourth-order valence-electron chi connectivity index (χ4n) is 5.88. The largest absolute Gasteiger partial charge is 0.300 e. The average Bonchev–Trinajstić information content (AvgIpc) is 2.64. The lowest BCUT2D eigenvalue weighted by Gasteiger charge is -2.56. The van der Waals surface area contributed by atoms with Crippen molar-refractivity contribution in [2.75, 3.05) is 0 Å². The molecule has 0 radical (unpaired) electrons. The minimum atomic E-state index is 0.254. The Balaban J connectivity index is 2.15. The Morgan fingerprint density at radius 1 is 1.12 bits per heavy atom. The lowest BCUT2D eigenvalue weighted by Crippen LogP contribution is -2.52. The Hall–Kier alpha value is -0.330. The Morgan fingerprint density at radius 2 is 1.88 bits per heavy atom. The van der Waals surface area contributed by atoms with Gasteiger partial charge < -0.3 is 0 Å². The van der Waals surface area contributed by atoms with Crippen molar-refractivity contribution >= 4 is 5.78 Å². The molecule has 1 nitrogen and oxygen atoms in total. The topological polar surface area (TPSA) is 17.1 Å². The van der Waals surface area contributed by atoms with Gasteiger partial charge in [0.1, 0.15) is 5.78 Å². The molecule has 0 aromatic carbocycles. The third-order valence-electron chi connectivity index (χ3n) is 6.57. The first-order valence-electron chi connectivity index (χ1n) is 6.95. The Labute approximate surface area is 99.0 Å².